The molecule has 4 heteroatoms. The first kappa shape index (κ1) is 13.3. The molecule has 0 atom stereocenters. The molecule has 0 aliphatic rings. The molecule has 2 aromatic rings. The quantitative estimate of drug-likeness (QED) is 0.776. The average molecular weight is 259 g/mol. The van der Waals surface area contributed by atoms with Gasteiger partial charge in [0.1, 0.15) is 6.54 Å². The van der Waals surface area contributed by atoms with Crippen molar-refractivity contribution in [2.24, 2.45) is 0 Å². The minimum absolute atomic E-state index is 0.0135. The molecule has 0 aliphatic heterocycles. The molecule has 0 radical (unpaired) electrons. The van der Waals surface area contributed by atoms with Gasteiger partial charge in [-0.25, -0.2) is 0 Å². The van der Waals surface area contributed by atoms with Gasteiger partial charge in [-0.1, -0.05) is 6.07 Å². The molecule has 0 fully saturated rings. The lowest BCUT2D eigenvalue weighted by atomic mass is 10.1. The van der Waals surface area contributed by atoms with E-state index >= 15 is 0 Å². The van der Waals surface area contributed by atoms with Gasteiger partial charge in [0.15, 0.2) is 5.43 Å². The number of aromatic nitrogens is 1. The van der Waals surface area contributed by atoms with E-state index in [9.17, 15) is 9.59 Å². The highest BCUT2D eigenvalue weighted by atomic mass is 16.5. The van der Waals surface area contributed by atoms with Crippen LogP contribution in [0.4, 0.5) is 0 Å². The first-order chi connectivity index (χ1) is 8.93. The summed E-state index contributed by atoms with van der Waals surface area (Å²) in [7, 11) is 1.36. The summed E-state index contributed by atoms with van der Waals surface area (Å²) in [5, 5.41) is 0.645. The van der Waals surface area contributed by atoms with Crippen LogP contribution in [-0.2, 0) is 16.1 Å². The van der Waals surface area contributed by atoms with E-state index in [0.717, 1.165) is 22.3 Å². The molecule has 0 unspecified atom stereocenters. The van der Waals surface area contributed by atoms with E-state index in [1.54, 1.807) is 6.07 Å². The van der Waals surface area contributed by atoms with E-state index in [-0.39, 0.29) is 17.9 Å². The van der Waals surface area contributed by atoms with E-state index in [4.69, 9.17) is 4.74 Å². The number of ether oxygens (including phenoxy) is 1. The van der Waals surface area contributed by atoms with Crippen LogP contribution in [0.2, 0.25) is 0 Å². The van der Waals surface area contributed by atoms with E-state index in [1.165, 1.54) is 7.11 Å². The maximum atomic E-state index is 12.1. The third-order valence-corrected chi connectivity index (χ3v) is 3.26. The van der Waals surface area contributed by atoms with E-state index < -0.39 is 0 Å². The van der Waals surface area contributed by atoms with Crippen molar-refractivity contribution in [1.29, 1.82) is 0 Å². The monoisotopic (exact) mass is 259 g/mol. The largest absolute Gasteiger partial charge is 0.468 e. The summed E-state index contributed by atoms with van der Waals surface area (Å²) in [5.74, 6) is -0.326. The first-order valence-corrected chi connectivity index (χ1v) is 6.12. The Bertz CT molecular complexity index is 713. The molecule has 1 aromatic carbocycles. The van der Waals surface area contributed by atoms with Crippen LogP contribution in [0.15, 0.2) is 23.0 Å². The van der Waals surface area contributed by atoms with Gasteiger partial charge in [0.2, 0.25) is 0 Å². The topological polar surface area (TPSA) is 48.3 Å². The van der Waals surface area contributed by atoms with Crippen LogP contribution in [0.3, 0.4) is 0 Å². The molecule has 2 rings (SSSR count). The summed E-state index contributed by atoms with van der Waals surface area (Å²) < 4.78 is 6.54. The fourth-order valence-corrected chi connectivity index (χ4v) is 2.43. The van der Waals surface area contributed by atoms with Gasteiger partial charge < -0.3 is 9.30 Å². The molecule has 1 aromatic heterocycles. The lowest BCUT2D eigenvalue weighted by Crippen LogP contribution is -2.18. The summed E-state index contributed by atoms with van der Waals surface area (Å²) in [5.41, 5.74) is 3.58. The zero-order chi connectivity index (χ0) is 14.2. The molecule has 0 saturated carbocycles. The number of nitrogens with zero attached hydrogens (tertiary/aromatic N) is 1. The Hall–Kier alpha value is -2.10. The maximum absolute atomic E-state index is 12.1. The fraction of sp³-hybridized carbons (Fsp3) is 0.333. The molecule has 4 nitrogen and oxygen atoms in total. The molecule has 0 bridgehead atoms. The normalized spacial score (nSPS) is 10.7. The summed E-state index contributed by atoms with van der Waals surface area (Å²) in [6.45, 7) is 5.84. The number of pyridine rings is 1. The minimum Gasteiger partial charge on any atom is -0.468 e. The van der Waals surface area contributed by atoms with Crippen molar-refractivity contribution in [3.63, 3.8) is 0 Å². The summed E-state index contributed by atoms with van der Waals surface area (Å²) in [4.78, 5) is 23.6. The number of methoxy groups -OCH3 is 1. The van der Waals surface area contributed by atoms with E-state index in [1.807, 2.05) is 37.5 Å². The Morgan fingerprint density at radius 3 is 2.53 bits per heavy atom. The number of rotatable bonds is 2. The van der Waals surface area contributed by atoms with Crippen molar-refractivity contribution >= 4 is 16.9 Å². The van der Waals surface area contributed by atoms with Crippen LogP contribution in [0, 0.1) is 20.8 Å². The second kappa shape index (κ2) is 4.88. The van der Waals surface area contributed by atoms with Crippen LogP contribution in [0.1, 0.15) is 16.8 Å². The van der Waals surface area contributed by atoms with Gasteiger partial charge in [0, 0.05) is 17.1 Å². The van der Waals surface area contributed by atoms with E-state index in [0.29, 0.717) is 5.39 Å². The predicted molar refractivity (Wildman–Crippen MR) is 74.4 cm³/mol. The zero-order valence-electron chi connectivity index (χ0n) is 11.6. The van der Waals surface area contributed by atoms with Crippen molar-refractivity contribution in [3.8, 4) is 0 Å². The standard InChI is InChI=1S/C15H17NO3/c1-9-5-10(2)15-12(6-9)13(17)7-11(3)16(15)8-14(18)19-4/h5-7H,8H2,1-4H3. The molecule has 0 aliphatic carbocycles. The molecule has 0 saturated heterocycles. The molecule has 0 amide bonds. The first-order valence-electron chi connectivity index (χ1n) is 6.12. The van der Waals surface area contributed by atoms with Gasteiger partial charge in [-0.15, -0.1) is 0 Å². The Morgan fingerprint density at radius 2 is 1.89 bits per heavy atom. The zero-order valence-corrected chi connectivity index (χ0v) is 11.6. The minimum atomic E-state index is -0.326. The number of benzene rings is 1. The van der Waals surface area contributed by atoms with Gasteiger partial charge in [0.25, 0.3) is 0 Å². The van der Waals surface area contributed by atoms with Crippen molar-refractivity contribution < 1.29 is 9.53 Å². The highest BCUT2D eigenvalue weighted by Gasteiger charge is 2.12. The highest BCUT2D eigenvalue weighted by molar-refractivity contribution is 5.84. The second-order valence-corrected chi connectivity index (χ2v) is 4.79. The molecule has 1 heterocycles. The number of carbonyl (C=O) groups excluding carboxylic acids is 1. The number of hydrogen-bond donors (Lipinski definition) is 0. The molecule has 100 valence electrons. The van der Waals surface area contributed by atoms with Crippen LogP contribution in [0.5, 0.6) is 0 Å². The Morgan fingerprint density at radius 1 is 1.21 bits per heavy atom. The molecule has 0 spiro atoms. The Labute approximate surface area is 111 Å². The average Bonchev–Trinajstić information content (AvgIpc) is 2.34. The predicted octanol–water partition coefficient (Wildman–Crippen LogP) is 2.10. The number of hydrogen-bond acceptors (Lipinski definition) is 3. The maximum Gasteiger partial charge on any atom is 0.325 e. The number of carbonyl (C=O) groups is 1. The van der Waals surface area contributed by atoms with Crippen LogP contribution in [0.25, 0.3) is 10.9 Å². The van der Waals surface area contributed by atoms with Gasteiger partial charge >= 0.3 is 5.97 Å². The van der Waals surface area contributed by atoms with Crippen molar-refractivity contribution in [2.75, 3.05) is 7.11 Å². The van der Waals surface area contributed by atoms with Gasteiger partial charge in [0.05, 0.1) is 12.6 Å². The lowest BCUT2D eigenvalue weighted by Gasteiger charge is -2.15. The van der Waals surface area contributed by atoms with E-state index in [2.05, 4.69) is 0 Å². The SMILES string of the molecule is COC(=O)Cn1c(C)cc(=O)c2cc(C)cc(C)c21. The van der Waals surface area contributed by atoms with Crippen LogP contribution in [-0.4, -0.2) is 17.6 Å². The van der Waals surface area contributed by atoms with Gasteiger partial charge in [-0.2, -0.15) is 0 Å². The Balaban J connectivity index is 2.83. The third kappa shape index (κ3) is 2.38. The summed E-state index contributed by atoms with van der Waals surface area (Å²) in [6, 6.07) is 5.43. The van der Waals surface area contributed by atoms with Crippen molar-refractivity contribution in [2.45, 2.75) is 27.3 Å². The molecular weight excluding hydrogens is 242 g/mol. The summed E-state index contributed by atoms with van der Waals surface area (Å²) >= 11 is 0. The second-order valence-electron chi connectivity index (χ2n) is 4.79. The lowest BCUT2D eigenvalue weighted by molar-refractivity contribution is -0.141. The van der Waals surface area contributed by atoms with Gasteiger partial charge in [-0.05, 0) is 38.0 Å². The number of fused-ring (bicyclic) bond motifs is 1. The molecule has 19 heavy (non-hydrogen) atoms. The van der Waals surface area contributed by atoms with Crippen molar-refractivity contribution in [1.82, 2.24) is 4.57 Å². The molecular formula is C15H17NO3. The number of aryl methyl sites for hydroxylation is 3. The third-order valence-electron chi connectivity index (χ3n) is 3.26. The summed E-state index contributed by atoms with van der Waals surface area (Å²) in [6.07, 6.45) is 0. The Kier molecular flexibility index (Phi) is 3.42. The highest BCUT2D eigenvalue weighted by Crippen LogP contribution is 2.19. The fourth-order valence-electron chi connectivity index (χ4n) is 2.43. The number of esters is 1. The van der Waals surface area contributed by atoms with Crippen LogP contribution >= 0.6 is 0 Å². The molecule has 0 N–H and O–H groups in total. The smallest absolute Gasteiger partial charge is 0.325 e. The van der Waals surface area contributed by atoms with Crippen molar-refractivity contribution in [3.05, 3.63) is 45.2 Å². The van der Waals surface area contributed by atoms with Gasteiger partial charge in [-0.3, -0.25) is 9.59 Å². The van der Waals surface area contributed by atoms with Crippen LogP contribution < -0.4 is 5.43 Å².